The Morgan fingerprint density at radius 3 is 2.68 bits per heavy atom. The summed E-state index contributed by atoms with van der Waals surface area (Å²) in [6.07, 6.45) is 0. The molecule has 1 aliphatic rings. The van der Waals surface area contributed by atoms with Crippen molar-refractivity contribution in [2.24, 2.45) is 36.7 Å². The van der Waals surface area contributed by atoms with Gasteiger partial charge in [0.25, 0.3) is 0 Å². The first-order valence-corrected chi connectivity index (χ1v) is 8.24. The summed E-state index contributed by atoms with van der Waals surface area (Å²) in [5.74, 6) is -0.0965. The van der Waals surface area contributed by atoms with Gasteiger partial charge in [-0.2, -0.15) is 17.8 Å². The quantitative estimate of drug-likeness (QED) is 0.391. The van der Waals surface area contributed by atoms with Crippen molar-refractivity contribution >= 4 is 44.1 Å². The molecule has 0 aromatic carbocycles. The normalized spacial score (nSPS) is 17.5. The van der Waals surface area contributed by atoms with E-state index in [1.807, 2.05) is 0 Å². The highest BCUT2D eigenvalue weighted by molar-refractivity contribution is 7.88. The molecule has 2 rings (SSSR count). The number of rotatable bonds is 3. The van der Waals surface area contributed by atoms with Crippen LogP contribution >= 0.6 is 11.3 Å². The number of nitrogens with zero attached hydrogens (tertiary/aromatic N) is 4. The van der Waals surface area contributed by atoms with E-state index in [-0.39, 0.29) is 23.9 Å². The van der Waals surface area contributed by atoms with Crippen molar-refractivity contribution < 1.29 is 8.42 Å². The molecule has 0 radical (unpaired) electrons. The lowest BCUT2D eigenvalue weighted by Gasteiger charge is -2.15. The molecule has 0 unspecified atom stereocenters. The summed E-state index contributed by atoms with van der Waals surface area (Å²) in [6, 6.07) is 0. The first kappa shape index (κ1) is 16.1. The molecule has 0 spiro atoms. The van der Waals surface area contributed by atoms with E-state index in [0.29, 0.717) is 22.1 Å². The number of dihydropyridines is 1. The second kappa shape index (κ2) is 5.82. The molecule has 0 atom stereocenters. The molecule has 1 aromatic heterocycles. The van der Waals surface area contributed by atoms with Gasteiger partial charge in [0, 0.05) is 11.0 Å². The summed E-state index contributed by atoms with van der Waals surface area (Å²) in [5, 5.41) is 6.98. The molecule has 0 fully saturated rings. The van der Waals surface area contributed by atoms with Gasteiger partial charge in [-0.1, -0.05) is 0 Å². The molecule has 0 amide bonds. The summed E-state index contributed by atoms with van der Waals surface area (Å²) >= 11 is 1.24. The van der Waals surface area contributed by atoms with Crippen LogP contribution in [0.5, 0.6) is 0 Å². The van der Waals surface area contributed by atoms with E-state index in [4.69, 9.17) is 22.3 Å². The van der Waals surface area contributed by atoms with Crippen molar-refractivity contribution in [1.82, 2.24) is 4.98 Å². The predicted octanol–water partition coefficient (Wildman–Crippen LogP) is -1.27. The average Bonchev–Trinajstić information content (AvgIpc) is 2.81. The van der Waals surface area contributed by atoms with E-state index in [2.05, 4.69) is 19.4 Å². The predicted molar refractivity (Wildman–Crippen MR) is 86.4 cm³/mol. The fraction of sp³-hybridized carbons (Fsp3) is 0.200. The van der Waals surface area contributed by atoms with E-state index in [9.17, 15) is 8.42 Å². The highest BCUT2D eigenvalue weighted by atomic mass is 32.2. The smallest absolute Gasteiger partial charge is 0.317 e. The van der Waals surface area contributed by atoms with Gasteiger partial charge >= 0.3 is 10.2 Å². The lowest BCUT2D eigenvalue weighted by atomic mass is 10.0. The van der Waals surface area contributed by atoms with E-state index >= 15 is 0 Å². The number of aliphatic imine (C=N–C) groups is 2. The Kier molecular flexibility index (Phi) is 4.25. The molecule has 0 bridgehead atoms. The van der Waals surface area contributed by atoms with Gasteiger partial charge in [0.2, 0.25) is 5.13 Å². The lowest BCUT2D eigenvalue weighted by molar-refractivity contribution is 0.599. The number of aromatic nitrogens is 1. The van der Waals surface area contributed by atoms with Crippen LogP contribution in [-0.4, -0.2) is 37.3 Å². The van der Waals surface area contributed by atoms with Crippen molar-refractivity contribution in [3.05, 3.63) is 22.3 Å². The van der Waals surface area contributed by atoms with Crippen LogP contribution in [-0.2, 0) is 10.2 Å². The molecule has 118 valence electrons. The van der Waals surface area contributed by atoms with E-state index in [1.54, 1.807) is 12.3 Å². The number of nitrogens with two attached hydrogens (primary N) is 4. The van der Waals surface area contributed by atoms with E-state index < -0.39 is 10.2 Å². The minimum absolute atomic E-state index is 0.00983. The number of allylic oxidation sites excluding steroid dienone is 1. The standard InChI is InChI=1S/C10H14N8O2S2/c1-4-7(11)5(18-22(14,19)20)2-15-8(4)6-3-21-10(16-6)17-9(12)13/h3H,2,11H2,1H3,(H2,14,19,20)(H4,12,13,16,17). The van der Waals surface area contributed by atoms with Crippen LogP contribution in [0, 0.1) is 0 Å². The molecular weight excluding hydrogens is 328 g/mol. The number of hydrogen-bond donors (Lipinski definition) is 4. The summed E-state index contributed by atoms with van der Waals surface area (Å²) in [5.41, 5.74) is 18.4. The Bertz CT molecular complexity index is 827. The maximum Gasteiger partial charge on any atom is 0.317 e. The minimum atomic E-state index is -4.03. The van der Waals surface area contributed by atoms with Gasteiger partial charge in [-0.3, -0.25) is 4.99 Å². The van der Waals surface area contributed by atoms with E-state index in [0.717, 1.165) is 0 Å². The summed E-state index contributed by atoms with van der Waals surface area (Å²) in [7, 11) is -4.03. The summed E-state index contributed by atoms with van der Waals surface area (Å²) < 4.78 is 25.4. The van der Waals surface area contributed by atoms with Gasteiger partial charge in [0.15, 0.2) is 5.96 Å². The van der Waals surface area contributed by atoms with E-state index in [1.165, 1.54) is 11.3 Å². The maximum atomic E-state index is 11.0. The topological polar surface area (TPSA) is 188 Å². The summed E-state index contributed by atoms with van der Waals surface area (Å²) in [6.45, 7) is 1.68. The average molecular weight is 342 g/mol. The molecule has 0 saturated carbocycles. The van der Waals surface area contributed by atoms with Crippen molar-refractivity contribution in [2.45, 2.75) is 6.92 Å². The van der Waals surface area contributed by atoms with Crippen LogP contribution < -0.4 is 22.3 Å². The molecule has 22 heavy (non-hydrogen) atoms. The van der Waals surface area contributed by atoms with Crippen LogP contribution in [0.25, 0.3) is 0 Å². The second-order valence-corrected chi connectivity index (χ2v) is 6.36. The van der Waals surface area contributed by atoms with Crippen LogP contribution in [0.4, 0.5) is 5.13 Å². The Balaban J connectivity index is 2.38. The number of hydrogen-bond acceptors (Lipinski definition) is 7. The molecule has 12 heteroatoms. The Labute approximate surface area is 130 Å². The van der Waals surface area contributed by atoms with Crippen LogP contribution in [0.1, 0.15) is 12.6 Å². The zero-order valence-corrected chi connectivity index (χ0v) is 13.1. The van der Waals surface area contributed by atoms with Gasteiger partial charge in [0.05, 0.1) is 23.7 Å². The van der Waals surface area contributed by atoms with Crippen molar-refractivity contribution in [1.29, 1.82) is 0 Å². The number of thiazole rings is 1. The molecule has 1 aliphatic heterocycles. The third-order valence-electron chi connectivity index (χ3n) is 2.65. The largest absolute Gasteiger partial charge is 0.397 e. The van der Waals surface area contributed by atoms with Crippen LogP contribution in [0.2, 0.25) is 0 Å². The van der Waals surface area contributed by atoms with Crippen LogP contribution in [0.15, 0.2) is 31.0 Å². The summed E-state index contributed by atoms with van der Waals surface area (Å²) in [4.78, 5) is 12.3. The molecule has 2 heterocycles. The molecule has 0 saturated heterocycles. The van der Waals surface area contributed by atoms with Gasteiger partial charge in [-0.05, 0) is 6.92 Å². The molecule has 10 nitrogen and oxygen atoms in total. The highest BCUT2D eigenvalue weighted by Crippen LogP contribution is 2.23. The zero-order chi connectivity index (χ0) is 16.5. The van der Waals surface area contributed by atoms with Crippen molar-refractivity contribution in [3.63, 3.8) is 0 Å². The Morgan fingerprint density at radius 1 is 1.41 bits per heavy atom. The SMILES string of the molecule is CC1=C(N)C(=NS(N)(=O)=O)CN=C1c1csc(N=C(N)N)n1. The zero-order valence-electron chi connectivity index (χ0n) is 11.5. The third-order valence-corrected chi connectivity index (χ3v) is 3.86. The van der Waals surface area contributed by atoms with Gasteiger partial charge in [0.1, 0.15) is 5.69 Å². The fourth-order valence-corrected chi connectivity index (χ4v) is 2.90. The lowest BCUT2D eigenvalue weighted by Crippen LogP contribution is -2.27. The van der Waals surface area contributed by atoms with Gasteiger partial charge in [-0.15, -0.1) is 11.3 Å². The number of guanidine groups is 1. The van der Waals surface area contributed by atoms with Gasteiger partial charge < -0.3 is 17.2 Å². The van der Waals surface area contributed by atoms with Gasteiger partial charge in [-0.25, -0.2) is 10.1 Å². The van der Waals surface area contributed by atoms with Crippen LogP contribution in [0.3, 0.4) is 0 Å². The third kappa shape index (κ3) is 3.66. The molecule has 1 aromatic rings. The molecular formula is C10H14N8O2S2. The first-order chi connectivity index (χ1) is 10.2. The second-order valence-electron chi connectivity index (χ2n) is 4.31. The van der Waals surface area contributed by atoms with Crippen molar-refractivity contribution in [3.8, 4) is 0 Å². The molecule has 8 N–H and O–H groups in total. The first-order valence-electron chi connectivity index (χ1n) is 5.86. The monoisotopic (exact) mass is 342 g/mol. The Morgan fingerprint density at radius 2 is 2.09 bits per heavy atom. The molecule has 0 aliphatic carbocycles. The van der Waals surface area contributed by atoms with Crippen molar-refractivity contribution in [2.75, 3.05) is 6.54 Å². The minimum Gasteiger partial charge on any atom is -0.397 e. The highest BCUT2D eigenvalue weighted by Gasteiger charge is 2.21. The fourth-order valence-electron chi connectivity index (χ4n) is 1.74. The Hall–Kier alpha value is -2.31. The maximum absolute atomic E-state index is 11.0.